The Morgan fingerprint density at radius 1 is 1.67 bits per heavy atom. The van der Waals surface area contributed by atoms with Crippen LogP contribution in [0.2, 0.25) is 0 Å². The van der Waals surface area contributed by atoms with Gasteiger partial charge in [0.1, 0.15) is 11.8 Å². The first-order valence-electron chi connectivity index (χ1n) is 3.82. The van der Waals surface area contributed by atoms with E-state index in [9.17, 15) is 14.3 Å². The van der Waals surface area contributed by atoms with Gasteiger partial charge in [-0.25, -0.2) is 9.18 Å². The molecule has 0 aromatic rings. The van der Waals surface area contributed by atoms with E-state index >= 15 is 0 Å². The van der Waals surface area contributed by atoms with Crippen LogP contribution in [0.25, 0.3) is 0 Å². The van der Waals surface area contributed by atoms with E-state index in [1.807, 2.05) is 5.32 Å². The molecule has 1 aliphatic carbocycles. The van der Waals surface area contributed by atoms with Crippen LogP contribution in [0, 0.1) is 0 Å². The number of rotatable bonds is 3. The average Bonchev–Trinajstić information content (AvgIpc) is 2.66. The van der Waals surface area contributed by atoms with Gasteiger partial charge in [-0.2, -0.15) is 0 Å². The Bertz CT molecular complexity index is 193. The van der Waals surface area contributed by atoms with Crippen molar-refractivity contribution in [2.45, 2.75) is 37.6 Å². The first kappa shape index (κ1) is 9.25. The van der Waals surface area contributed by atoms with Gasteiger partial charge in [0, 0.05) is 0 Å². The topological polar surface area (TPSA) is 69.6 Å². The SMILES string of the molecule is CC(NC(=O)O)[C@H](O)C1(F)CC1. The molecule has 70 valence electrons. The van der Waals surface area contributed by atoms with Crippen molar-refractivity contribution >= 4 is 6.09 Å². The minimum Gasteiger partial charge on any atom is -0.465 e. The molecule has 0 bridgehead atoms. The van der Waals surface area contributed by atoms with Crippen molar-refractivity contribution < 1.29 is 19.4 Å². The summed E-state index contributed by atoms with van der Waals surface area (Å²) in [6, 6.07) is -0.755. The largest absolute Gasteiger partial charge is 0.465 e. The summed E-state index contributed by atoms with van der Waals surface area (Å²) in [5.74, 6) is 0. The summed E-state index contributed by atoms with van der Waals surface area (Å²) in [7, 11) is 0. The minimum atomic E-state index is -1.55. The third-order valence-electron chi connectivity index (χ3n) is 2.08. The smallest absolute Gasteiger partial charge is 0.404 e. The highest BCUT2D eigenvalue weighted by molar-refractivity contribution is 5.64. The molecule has 1 amide bonds. The van der Waals surface area contributed by atoms with Crippen molar-refractivity contribution in [2.24, 2.45) is 0 Å². The molecule has 0 heterocycles. The zero-order chi connectivity index (χ0) is 9.35. The second-order valence-corrected chi connectivity index (χ2v) is 3.22. The van der Waals surface area contributed by atoms with Gasteiger partial charge < -0.3 is 15.5 Å². The van der Waals surface area contributed by atoms with Gasteiger partial charge in [-0.1, -0.05) is 0 Å². The van der Waals surface area contributed by atoms with Crippen LogP contribution in [0.1, 0.15) is 19.8 Å². The number of carbonyl (C=O) groups is 1. The molecule has 0 spiro atoms. The van der Waals surface area contributed by atoms with E-state index in [-0.39, 0.29) is 0 Å². The van der Waals surface area contributed by atoms with Crippen LogP contribution in [-0.4, -0.2) is 34.1 Å². The van der Waals surface area contributed by atoms with E-state index in [1.165, 1.54) is 6.92 Å². The molecule has 0 aromatic heterocycles. The molecular formula is C7H12FNO3. The molecule has 2 atom stereocenters. The predicted octanol–water partition coefficient (Wildman–Crippen LogP) is 0.506. The summed E-state index contributed by atoms with van der Waals surface area (Å²) in [6.07, 6.45) is -1.83. The van der Waals surface area contributed by atoms with E-state index in [0.29, 0.717) is 12.8 Å². The van der Waals surface area contributed by atoms with Crippen molar-refractivity contribution in [3.05, 3.63) is 0 Å². The Kier molecular flexibility index (Phi) is 2.23. The molecule has 12 heavy (non-hydrogen) atoms. The number of nitrogens with one attached hydrogen (secondary N) is 1. The van der Waals surface area contributed by atoms with Crippen LogP contribution in [0.3, 0.4) is 0 Å². The fraction of sp³-hybridized carbons (Fsp3) is 0.857. The molecule has 0 aromatic carbocycles. The van der Waals surface area contributed by atoms with E-state index in [1.54, 1.807) is 0 Å². The molecule has 5 heteroatoms. The highest BCUT2D eigenvalue weighted by Crippen LogP contribution is 2.43. The molecule has 4 nitrogen and oxygen atoms in total. The monoisotopic (exact) mass is 177 g/mol. The second-order valence-electron chi connectivity index (χ2n) is 3.22. The molecule has 3 N–H and O–H groups in total. The number of hydrogen-bond donors (Lipinski definition) is 3. The number of alkyl halides is 1. The Morgan fingerprint density at radius 2 is 2.17 bits per heavy atom. The van der Waals surface area contributed by atoms with Crippen molar-refractivity contribution in [1.82, 2.24) is 5.32 Å². The van der Waals surface area contributed by atoms with Gasteiger partial charge in [-0.3, -0.25) is 0 Å². The Hall–Kier alpha value is -0.840. The Balaban J connectivity index is 2.41. The molecular weight excluding hydrogens is 165 g/mol. The van der Waals surface area contributed by atoms with Crippen LogP contribution >= 0.6 is 0 Å². The number of aliphatic hydroxyl groups excluding tert-OH is 1. The normalized spacial score (nSPS) is 24.2. The van der Waals surface area contributed by atoms with E-state index in [2.05, 4.69) is 0 Å². The first-order chi connectivity index (χ1) is 5.46. The lowest BCUT2D eigenvalue weighted by atomic mass is 10.1. The van der Waals surface area contributed by atoms with Crippen molar-refractivity contribution in [3.8, 4) is 0 Å². The van der Waals surface area contributed by atoms with E-state index in [4.69, 9.17) is 5.11 Å². The Morgan fingerprint density at radius 3 is 2.50 bits per heavy atom. The summed E-state index contributed by atoms with van der Waals surface area (Å²) < 4.78 is 13.1. The van der Waals surface area contributed by atoms with E-state index in [0.717, 1.165) is 0 Å². The molecule has 1 aliphatic rings. The fourth-order valence-electron chi connectivity index (χ4n) is 1.14. The average molecular weight is 177 g/mol. The van der Waals surface area contributed by atoms with Gasteiger partial charge in [0.25, 0.3) is 0 Å². The van der Waals surface area contributed by atoms with Crippen LogP contribution in [0.4, 0.5) is 9.18 Å². The van der Waals surface area contributed by atoms with Crippen molar-refractivity contribution in [2.75, 3.05) is 0 Å². The summed E-state index contributed by atoms with van der Waals surface area (Å²) in [5, 5.41) is 19.6. The van der Waals surface area contributed by atoms with Gasteiger partial charge in [0.15, 0.2) is 0 Å². The van der Waals surface area contributed by atoms with Gasteiger partial charge in [-0.05, 0) is 19.8 Å². The summed E-state index contributed by atoms with van der Waals surface area (Å²) in [6.45, 7) is 1.44. The zero-order valence-corrected chi connectivity index (χ0v) is 6.75. The maximum absolute atomic E-state index is 13.1. The molecule has 0 aliphatic heterocycles. The lowest BCUT2D eigenvalue weighted by Crippen LogP contribution is -2.45. The minimum absolute atomic E-state index is 0.319. The van der Waals surface area contributed by atoms with Gasteiger partial charge in [0.2, 0.25) is 0 Å². The fourth-order valence-corrected chi connectivity index (χ4v) is 1.14. The number of halogens is 1. The van der Waals surface area contributed by atoms with Gasteiger partial charge in [-0.15, -0.1) is 0 Å². The predicted molar refractivity (Wildman–Crippen MR) is 39.7 cm³/mol. The van der Waals surface area contributed by atoms with Crippen LogP contribution in [0.15, 0.2) is 0 Å². The maximum atomic E-state index is 13.1. The summed E-state index contributed by atoms with van der Waals surface area (Å²) in [5.41, 5.74) is -1.55. The number of amides is 1. The van der Waals surface area contributed by atoms with Crippen molar-refractivity contribution in [3.63, 3.8) is 0 Å². The zero-order valence-electron chi connectivity index (χ0n) is 6.75. The maximum Gasteiger partial charge on any atom is 0.404 e. The standard InChI is InChI=1S/C7H12FNO3/c1-4(9-6(11)12)5(10)7(8)2-3-7/h4-5,9-10H,2-3H2,1H3,(H,11,12)/t4?,5-/m0/s1. The summed E-state index contributed by atoms with van der Waals surface area (Å²) in [4.78, 5) is 10.1. The highest BCUT2D eigenvalue weighted by Gasteiger charge is 2.52. The molecule has 1 rings (SSSR count). The lowest BCUT2D eigenvalue weighted by Gasteiger charge is -2.21. The van der Waals surface area contributed by atoms with Crippen molar-refractivity contribution in [1.29, 1.82) is 0 Å². The van der Waals surface area contributed by atoms with Gasteiger partial charge in [0.05, 0.1) is 6.04 Å². The van der Waals surface area contributed by atoms with Crippen LogP contribution in [0.5, 0.6) is 0 Å². The van der Waals surface area contributed by atoms with E-state index < -0.39 is 23.9 Å². The first-order valence-corrected chi connectivity index (χ1v) is 3.82. The summed E-state index contributed by atoms with van der Waals surface area (Å²) >= 11 is 0. The van der Waals surface area contributed by atoms with Gasteiger partial charge >= 0.3 is 6.09 Å². The quantitative estimate of drug-likeness (QED) is 0.588. The number of hydrogen-bond acceptors (Lipinski definition) is 2. The molecule has 0 radical (unpaired) electrons. The Labute approximate surface area is 69.4 Å². The molecule has 1 unspecified atom stereocenters. The third-order valence-corrected chi connectivity index (χ3v) is 2.08. The highest BCUT2D eigenvalue weighted by atomic mass is 19.1. The van der Waals surface area contributed by atoms with Crippen LogP contribution in [-0.2, 0) is 0 Å². The number of carboxylic acid groups (broad SMARTS) is 1. The molecule has 1 saturated carbocycles. The molecule has 1 fully saturated rings. The second kappa shape index (κ2) is 2.90. The molecule has 0 saturated heterocycles. The van der Waals surface area contributed by atoms with Crippen LogP contribution < -0.4 is 5.32 Å². The third kappa shape index (κ3) is 1.85. The lowest BCUT2D eigenvalue weighted by molar-refractivity contribution is 0.0356. The number of aliphatic hydroxyl groups is 1.